The normalized spacial score (nSPS) is 10.2. The van der Waals surface area contributed by atoms with E-state index in [4.69, 9.17) is 0 Å². The number of carbonyl (C=O) groups is 1. The standard InChI is InChI=1S/C14H14Br2N4O/c1-2-8-17-12-7-6-11(19-20-12)14(21)18-13-9(15)4-3-5-10(13)16/h3-7H,2,8H2,1H3,(H,17,20)(H,18,21). The van der Waals surface area contributed by atoms with Crippen molar-refractivity contribution in [1.29, 1.82) is 0 Å². The summed E-state index contributed by atoms with van der Waals surface area (Å²) >= 11 is 6.79. The van der Waals surface area contributed by atoms with Crippen LogP contribution in [0.1, 0.15) is 23.8 Å². The van der Waals surface area contributed by atoms with Gasteiger partial charge in [-0.05, 0) is 62.5 Å². The number of amides is 1. The summed E-state index contributed by atoms with van der Waals surface area (Å²) in [6.45, 7) is 2.89. The maximum absolute atomic E-state index is 12.2. The first-order chi connectivity index (χ1) is 10.1. The number of halogens is 2. The molecule has 0 saturated carbocycles. The summed E-state index contributed by atoms with van der Waals surface area (Å²) in [5, 5.41) is 13.8. The van der Waals surface area contributed by atoms with Crippen LogP contribution in [0.5, 0.6) is 0 Å². The van der Waals surface area contributed by atoms with E-state index in [-0.39, 0.29) is 11.6 Å². The highest BCUT2D eigenvalue weighted by molar-refractivity contribution is 9.11. The van der Waals surface area contributed by atoms with E-state index in [0.29, 0.717) is 11.5 Å². The first-order valence-corrected chi connectivity index (χ1v) is 8.03. The summed E-state index contributed by atoms with van der Waals surface area (Å²) < 4.78 is 1.58. The van der Waals surface area contributed by atoms with Crippen molar-refractivity contribution in [2.75, 3.05) is 17.2 Å². The maximum atomic E-state index is 12.2. The second kappa shape index (κ2) is 7.51. The van der Waals surface area contributed by atoms with Gasteiger partial charge in [0.1, 0.15) is 5.82 Å². The molecule has 1 amide bonds. The van der Waals surface area contributed by atoms with E-state index >= 15 is 0 Å². The lowest BCUT2D eigenvalue weighted by Crippen LogP contribution is -2.15. The van der Waals surface area contributed by atoms with E-state index in [9.17, 15) is 4.79 Å². The lowest BCUT2D eigenvalue weighted by molar-refractivity contribution is 0.102. The molecule has 0 aliphatic heterocycles. The van der Waals surface area contributed by atoms with E-state index in [2.05, 4.69) is 59.6 Å². The van der Waals surface area contributed by atoms with E-state index < -0.39 is 0 Å². The third kappa shape index (κ3) is 4.25. The molecule has 0 atom stereocenters. The molecule has 1 aromatic heterocycles. The van der Waals surface area contributed by atoms with Gasteiger partial charge in [0.25, 0.3) is 5.91 Å². The Kier molecular flexibility index (Phi) is 5.69. The Bertz CT molecular complexity index is 611. The predicted octanol–water partition coefficient (Wildman–Crippen LogP) is 4.08. The highest BCUT2D eigenvalue weighted by atomic mass is 79.9. The van der Waals surface area contributed by atoms with Gasteiger partial charge < -0.3 is 10.6 Å². The Hall–Kier alpha value is -1.47. The molecular formula is C14H14Br2N4O. The number of rotatable bonds is 5. The molecular weight excluding hydrogens is 400 g/mol. The van der Waals surface area contributed by atoms with Gasteiger partial charge in [-0.25, -0.2) is 0 Å². The molecule has 0 aliphatic carbocycles. The molecule has 0 bridgehead atoms. The number of anilines is 2. The molecule has 21 heavy (non-hydrogen) atoms. The van der Waals surface area contributed by atoms with E-state index in [1.807, 2.05) is 18.2 Å². The van der Waals surface area contributed by atoms with Crippen LogP contribution < -0.4 is 10.6 Å². The molecule has 0 unspecified atom stereocenters. The number of nitrogens with zero attached hydrogens (tertiary/aromatic N) is 2. The fraction of sp³-hybridized carbons (Fsp3) is 0.214. The number of para-hydroxylation sites is 1. The molecule has 2 rings (SSSR count). The maximum Gasteiger partial charge on any atom is 0.276 e. The van der Waals surface area contributed by atoms with Gasteiger partial charge in [0.2, 0.25) is 0 Å². The molecule has 7 heteroatoms. The van der Waals surface area contributed by atoms with Crippen molar-refractivity contribution in [2.45, 2.75) is 13.3 Å². The molecule has 0 fully saturated rings. The Morgan fingerprint density at radius 3 is 2.43 bits per heavy atom. The number of benzene rings is 1. The molecule has 0 aliphatic rings. The molecule has 5 nitrogen and oxygen atoms in total. The van der Waals surface area contributed by atoms with Crippen molar-refractivity contribution in [1.82, 2.24) is 10.2 Å². The highest BCUT2D eigenvalue weighted by Gasteiger charge is 2.12. The smallest absolute Gasteiger partial charge is 0.276 e. The van der Waals surface area contributed by atoms with Gasteiger partial charge in [-0.3, -0.25) is 4.79 Å². The van der Waals surface area contributed by atoms with E-state index in [1.165, 1.54) is 0 Å². The fourth-order valence-electron chi connectivity index (χ4n) is 1.60. The molecule has 0 saturated heterocycles. The van der Waals surface area contributed by atoms with Crippen LogP contribution in [0, 0.1) is 0 Å². The lowest BCUT2D eigenvalue weighted by atomic mass is 10.3. The average molecular weight is 414 g/mol. The summed E-state index contributed by atoms with van der Waals surface area (Å²) in [6, 6.07) is 8.96. The monoisotopic (exact) mass is 412 g/mol. The van der Waals surface area contributed by atoms with Crippen LogP contribution in [0.2, 0.25) is 0 Å². The molecule has 0 radical (unpaired) electrons. The van der Waals surface area contributed by atoms with Gasteiger partial charge in [0.05, 0.1) is 5.69 Å². The number of hydrogen-bond acceptors (Lipinski definition) is 4. The largest absolute Gasteiger partial charge is 0.369 e. The van der Waals surface area contributed by atoms with Gasteiger partial charge in [0, 0.05) is 15.5 Å². The van der Waals surface area contributed by atoms with Gasteiger partial charge in [0.15, 0.2) is 5.69 Å². The van der Waals surface area contributed by atoms with Crippen molar-refractivity contribution in [3.8, 4) is 0 Å². The summed E-state index contributed by atoms with van der Waals surface area (Å²) in [5.41, 5.74) is 0.928. The molecule has 2 aromatic rings. The first-order valence-electron chi connectivity index (χ1n) is 6.44. The minimum atomic E-state index is -0.308. The molecule has 110 valence electrons. The zero-order valence-corrected chi connectivity index (χ0v) is 14.5. The zero-order chi connectivity index (χ0) is 15.2. The van der Waals surface area contributed by atoms with Crippen LogP contribution >= 0.6 is 31.9 Å². The first kappa shape index (κ1) is 15.9. The van der Waals surface area contributed by atoms with Crippen LogP contribution in [0.15, 0.2) is 39.3 Å². The minimum absolute atomic E-state index is 0.264. The fourth-order valence-corrected chi connectivity index (χ4v) is 2.79. The van der Waals surface area contributed by atoms with Gasteiger partial charge in [-0.15, -0.1) is 10.2 Å². The number of nitrogens with one attached hydrogen (secondary N) is 2. The number of carbonyl (C=O) groups excluding carboxylic acids is 1. The number of hydrogen-bond donors (Lipinski definition) is 2. The minimum Gasteiger partial charge on any atom is -0.369 e. The highest BCUT2D eigenvalue weighted by Crippen LogP contribution is 2.30. The Morgan fingerprint density at radius 2 is 1.86 bits per heavy atom. The van der Waals surface area contributed by atoms with E-state index in [1.54, 1.807) is 12.1 Å². The molecule has 0 spiro atoms. The quantitative estimate of drug-likeness (QED) is 0.774. The Labute approximate surface area is 139 Å². The summed E-state index contributed by atoms with van der Waals surface area (Å²) in [5.74, 6) is 0.354. The van der Waals surface area contributed by atoms with Crippen molar-refractivity contribution in [2.24, 2.45) is 0 Å². The second-order valence-corrected chi connectivity index (χ2v) is 5.99. The van der Waals surface area contributed by atoms with Crippen molar-refractivity contribution < 1.29 is 4.79 Å². The third-order valence-corrected chi connectivity index (χ3v) is 3.98. The van der Waals surface area contributed by atoms with Crippen LogP contribution in [0.25, 0.3) is 0 Å². The van der Waals surface area contributed by atoms with Gasteiger partial charge >= 0.3 is 0 Å². The third-order valence-electron chi connectivity index (χ3n) is 2.65. The Balaban J connectivity index is 2.10. The zero-order valence-electron chi connectivity index (χ0n) is 11.4. The summed E-state index contributed by atoms with van der Waals surface area (Å²) in [4.78, 5) is 12.2. The van der Waals surface area contributed by atoms with Crippen LogP contribution in [-0.4, -0.2) is 22.6 Å². The van der Waals surface area contributed by atoms with Crippen molar-refractivity contribution in [3.63, 3.8) is 0 Å². The topological polar surface area (TPSA) is 66.9 Å². The summed E-state index contributed by atoms with van der Waals surface area (Å²) in [6.07, 6.45) is 1.000. The van der Waals surface area contributed by atoms with Crippen molar-refractivity contribution in [3.05, 3.63) is 45.0 Å². The predicted molar refractivity (Wildman–Crippen MR) is 90.6 cm³/mol. The lowest BCUT2D eigenvalue weighted by Gasteiger charge is -2.09. The van der Waals surface area contributed by atoms with Gasteiger partial charge in [-0.1, -0.05) is 13.0 Å². The van der Waals surface area contributed by atoms with Crippen LogP contribution in [0.3, 0.4) is 0 Å². The molecule has 2 N–H and O–H groups in total. The average Bonchev–Trinajstić information content (AvgIpc) is 2.49. The van der Waals surface area contributed by atoms with E-state index in [0.717, 1.165) is 21.9 Å². The SMILES string of the molecule is CCCNc1ccc(C(=O)Nc2c(Br)cccc2Br)nn1. The Morgan fingerprint density at radius 1 is 1.14 bits per heavy atom. The second-order valence-electron chi connectivity index (χ2n) is 4.28. The number of aromatic nitrogens is 2. The van der Waals surface area contributed by atoms with Gasteiger partial charge in [-0.2, -0.15) is 0 Å². The summed E-state index contributed by atoms with van der Waals surface area (Å²) in [7, 11) is 0. The van der Waals surface area contributed by atoms with Crippen LogP contribution in [0.4, 0.5) is 11.5 Å². The molecule has 1 heterocycles. The van der Waals surface area contributed by atoms with Crippen molar-refractivity contribution >= 4 is 49.3 Å². The van der Waals surface area contributed by atoms with Crippen LogP contribution in [-0.2, 0) is 0 Å². The molecule has 1 aromatic carbocycles.